The highest BCUT2D eigenvalue weighted by atomic mass is 16.4. The van der Waals surface area contributed by atoms with Crippen LogP contribution < -0.4 is 21.1 Å². The largest absolute Gasteiger partial charge is 0.545 e. The third-order valence-electron chi connectivity index (χ3n) is 3.74. The quantitative estimate of drug-likeness (QED) is 0.714. The van der Waals surface area contributed by atoms with E-state index in [9.17, 15) is 9.90 Å². The molecule has 0 atom stereocenters. The Kier molecular flexibility index (Phi) is 3.95. The Morgan fingerprint density at radius 3 is 2.67 bits per heavy atom. The lowest BCUT2D eigenvalue weighted by Gasteiger charge is -2.18. The van der Waals surface area contributed by atoms with E-state index in [4.69, 9.17) is 5.73 Å². The predicted octanol–water partition coefficient (Wildman–Crippen LogP) is 1.99. The van der Waals surface area contributed by atoms with Crippen molar-refractivity contribution in [1.82, 2.24) is 4.98 Å². The van der Waals surface area contributed by atoms with Gasteiger partial charge in [0.2, 0.25) is 0 Å². The standard InChI is InChI=1S/C18H18N4O2/c1-22(2)13-6-7-16-14(9-13)17(15(10-20-16)18(23)24)21-12-5-3-4-11(19)8-12/h3-10H,19H2,1-2H3,(H,20,21)(H,23,24)/p-1. The van der Waals surface area contributed by atoms with Crippen LogP contribution in [-0.4, -0.2) is 25.0 Å². The SMILES string of the molecule is CN(C)c1ccc2ncc(C(=O)[O-])c(Nc3cccc(N)c3)c2c1. The summed E-state index contributed by atoms with van der Waals surface area (Å²) < 4.78 is 0. The number of benzene rings is 2. The molecule has 0 aliphatic heterocycles. The summed E-state index contributed by atoms with van der Waals surface area (Å²) in [6, 6.07) is 12.8. The van der Waals surface area contributed by atoms with Crippen molar-refractivity contribution in [3.8, 4) is 0 Å². The summed E-state index contributed by atoms with van der Waals surface area (Å²) in [5.41, 5.74) is 9.15. The lowest BCUT2D eigenvalue weighted by atomic mass is 10.1. The first-order valence-corrected chi connectivity index (χ1v) is 7.39. The number of nitrogens with one attached hydrogen (secondary N) is 1. The van der Waals surface area contributed by atoms with E-state index in [-0.39, 0.29) is 5.56 Å². The summed E-state index contributed by atoms with van der Waals surface area (Å²) in [5, 5.41) is 15.4. The van der Waals surface area contributed by atoms with Crippen LogP contribution in [0.3, 0.4) is 0 Å². The number of hydrogen-bond donors (Lipinski definition) is 2. The van der Waals surface area contributed by atoms with E-state index >= 15 is 0 Å². The van der Waals surface area contributed by atoms with Crippen molar-refractivity contribution < 1.29 is 9.90 Å². The van der Waals surface area contributed by atoms with Gasteiger partial charge < -0.3 is 25.9 Å². The van der Waals surface area contributed by atoms with Gasteiger partial charge in [0.1, 0.15) is 0 Å². The van der Waals surface area contributed by atoms with Crippen LogP contribution in [0.1, 0.15) is 10.4 Å². The first kappa shape index (κ1) is 15.6. The van der Waals surface area contributed by atoms with Crippen LogP contribution in [-0.2, 0) is 0 Å². The highest BCUT2D eigenvalue weighted by Crippen LogP contribution is 2.31. The second-order valence-electron chi connectivity index (χ2n) is 5.68. The fourth-order valence-electron chi connectivity index (χ4n) is 2.51. The van der Waals surface area contributed by atoms with E-state index in [1.807, 2.05) is 43.3 Å². The molecule has 24 heavy (non-hydrogen) atoms. The minimum absolute atomic E-state index is 0.000769. The number of carbonyl (C=O) groups is 1. The number of carbonyl (C=O) groups excluding carboxylic acids is 1. The van der Waals surface area contributed by atoms with Gasteiger partial charge in [-0.15, -0.1) is 0 Å². The lowest BCUT2D eigenvalue weighted by Crippen LogP contribution is -2.23. The van der Waals surface area contributed by atoms with Gasteiger partial charge in [0.25, 0.3) is 0 Å². The molecule has 0 spiro atoms. The van der Waals surface area contributed by atoms with Crippen LogP contribution in [0.25, 0.3) is 10.9 Å². The molecule has 1 aromatic heterocycles. The number of carboxylic acids is 1. The van der Waals surface area contributed by atoms with Crippen molar-refractivity contribution >= 4 is 39.6 Å². The van der Waals surface area contributed by atoms with Crippen LogP contribution in [0.5, 0.6) is 0 Å². The highest BCUT2D eigenvalue weighted by molar-refractivity contribution is 6.05. The van der Waals surface area contributed by atoms with E-state index in [2.05, 4.69) is 10.3 Å². The number of anilines is 4. The molecule has 2 aromatic carbocycles. The molecule has 3 aromatic rings. The maximum atomic E-state index is 11.5. The first-order valence-electron chi connectivity index (χ1n) is 7.39. The molecule has 3 N–H and O–H groups in total. The summed E-state index contributed by atoms with van der Waals surface area (Å²) >= 11 is 0. The number of nitrogens with zero attached hydrogens (tertiary/aromatic N) is 2. The van der Waals surface area contributed by atoms with Crippen molar-refractivity contribution in [3.63, 3.8) is 0 Å². The molecule has 6 nitrogen and oxygen atoms in total. The molecule has 0 amide bonds. The molecule has 0 bridgehead atoms. The van der Waals surface area contributed by atoms with Gasteiger partial charge in [0.05, 0.1) is 17.2 Å². The number of hydrogen-bond acceptors (Lipinski definition) is 6. The van der Waals surface area contributed by atoms with Crippen LogP contribution in [0, 0.1) is 0 Å². The summed E-state index contributed by atoms with van der Waals surface area (Å²) in [4.78, 5) is 17.7. The number of rotatable bonds is 4. The molecular formula is C18H17N4O2-. The van der Waals surface area contributed by atoms with Crippen LogP contribution in [0.4, 0.5) is 22.7 Å². The monoisotopic (exact) mass is 321 g/mol. The fraction of sp³-hybridized carbons (Fsp3) is 0.111. The predicted molar refractivity (Wildman–Crippen MR) is 94.5 cm³/mol. The molecule has 0 aliphatic carbocycles. The molecule has 0 radical (unpaired) electrons. The zero-order valence-electron chi connectivity index (χ0n) is 13.4. The van der Waals surface area contributed by atoms with E-state index in [1.165, 1.54) is 6.20 Å². The van der Waals surface area contributed by atoms with Crippen molar-refractivity contribution in [1.29, 1.82) is 0 Å². The molecule has 1 heterocycles. The average Bonchev–Trinajstić information content (AvgIpc) is 2.54. The number of aromatic nitrogens is 1. The average molecular weight is 321 g/mol. The minimum Gasteiger partial charge on any atom is -0.545 e. The van der Waals surface area contributed by atoms with Crippen LogP contribution in [0.15, 0.2) is 48.7 Å². The van der Waals surface area contributed by atoms with Crippen molar-refractivity contribution in [2.24, 2.45) is 0 Å². The molecule has 0 unspecified atom stereocenters. The van der Waals surface area contributed by atoms with Crippen molar-refractivity contribution in [2.45, 2.75) is 0 Å². The fourth-order valence-corrected chi connectivity index (χ4v) is 2.51. The van der Waals surface area contributed by atoms with E-state index in [0.29, 0.717) is 28.0 Å². The number of nitrogen functional groups attached to an aromatic ring is 1. The number of carboxylic acid groups (broad SMARTS) is 1. The van der Waals surface area contributed by atoms with Gasteiger partial charge >= 0.3 is 0 Å². The maximum absolute atomic E-state index is 11.5. The summed E-state index contributed by atoms with van der Waals surface area (Å²) in [5.74, 6) is -1.29. The molecule has 122 valence electrons. The third kappa shape index (κ3) is 2.94. The summed E-state index contributed by atoms with van der Waals surface area (Å²) in [6.45, 7) is 0. The Morgan fingerprint density at radius 2 is 2.00 bits per heavy atom. The van der Waals surface area contributed by atoms with Crippen molar-refractivity contribution in [2.75, 3.05) is 30.0 Å². The van der Waals surface area contributed by atoms with Crippen LogP contribution >= 0.6 is 0 Å². The Labute approximate surface area is 139 Å². The molecule has 0 aliphatic rings. The topological polar surface area (TPSA) is 94.3 Å². The van der Waals surface area contributed by atoms with Gasteiger partial charge in [-0.3, -0.25) is 4.98 Å². The Hall–Kier alpha value is -3.28. The third-order valence-corrected chi connectivity index (χ3v) is 3.74. The number of nitrogens with two attached hydrogens (primary N) is 1. The molecular weight excluding hydrogens is 304 g/mol. The van der Waals surface area contributed by atoms with Crippen LogP contribution in [0.2, 0.25) is 0 Å². The number of fused-ring (bicyclic) bond motifs is 1. The summed E-state index contributed by atoms with van der Waals surface area (Å²) in [7, 11) is 3.84. The van der Waals surface area contributed by atoms with Gasteiger partial charge in [-0.25, -0.2) is 0 Å². The second kappa shape index (κ2) is 6.08. The van der Waals surface area contributed by atoms with E-state index in [1.54, 1.807) is 18.2 Å². The second-order valence-corrected chi connectivity index (χ2v) is 5.68. The lowest BCUT2D eigenvalue weighted by molar-refractivity contribution is -0.254. The molecule has 0 fully saturated rings. The highest BCUT2D eigenvalue weighted by Gasteiger charge is 2.12. The number of aromatic carboxylic acids is 1. The Bertz CT molecular complexity index is 922. The first-order chi connectivity index (χ1) is 11.5. The maximum Gasteiger partial charge on any atom is 0.0752 e. The van der Waals surface area contributed by atoms with Gasteiger partial charge in [-0.2, -0.15) is 0 Å². The van der Waals surface area contributed by atoms with Gasteiger partial charge in [-0.1, -0.05) is 6.07 Å². The Morgan fingerprint density at radius 1 is 1.21 bits per heavy atom. The normalized spacial score (nSPS) is 10.6. The summed E-state index contributed by atoms with van der Waals surface area (Å²) in [6.07, 6.45) is 1.31. The zero-order valence-corrected chi connectivity index (χ0v) is 13.4. The molecule has 0 saturated heterocycles. The zero-order chi connectivity index (χ0) is 17.3. The van der Waals surface area contributed by atoms with Crippen molar-refractivity contribution in [3.05, 3.63) is 54.2 Å². The molecule has 6 heteroatoms. The number of pyridine rings is 1. The van der Waals surface area contributed by atoms with E-state index < -0.39 is 5.97 Å². The van der Waals surface area contributed by atoms with Gasteiger partial charge in [0, 0.05) is 48.3 Å². The van der Waals surface area contributed by atoms with E-state index in [0.717, 1.165) is 5.69 Å². The Balaban J connectivity index is 2.22. The molecule has 3 rings (SSSR count). The van der Waals surface area contributed by atoms with Gasteiger partial charge in [-0.05, 0) is 36.4 Å². The van der Waals surface area contributed by atoms with Gasteiger partial charge in [0.15, 0.2) is 0 Å². The minimum atomic E-state index is -1.29. The molecule has 0 saturated carbocycles. The smallest absolute Gasteiger partial charge is 0.0752 e.